The van der Waals surface area contributed by atoms with E-state index in [9.17, 15) is 4.79 Å². The van der Waals surface area contributed by atoms with Crippen LogP contribution in [0.3, 0.4) is 0 Å². The van der Waals surface area contributed by atoms with Crippen LogP contribution in [0, 0.1) is 6.92 Å². The molecule has 0 amide bonds. The summed E-state index contributed by atoms with van der Waals surface area (Å²) in [7, 11) is 0. The normalized spacial score (nSPS) is 17.2. The van der Waals surface area contributed by atoms with Crippen LogP contribution in [0.4, 0.5) is 0 Å². The Morgan fingerprint density at radius 1 is 1.17 bits per heavy atom. The Balaban J connectivity index is 2.06. The third-order valence-electron chi connectivity index (χ3n) is 3.68. The van der Waals surface area contributed by atoms with Crippen LogP contribution in [-0.2, 0) is 0 Å². The molecule has 2 nitrogen and oxygen atoms in total. The maximum Gasteiger partial charge on any atom is 0.159 e. The highest BCUT2D eigenvalue weighted by Crippen LogP contribution is 2.26. The van der Waals surface area contributed by atoms with E-state index in [0.717, 1.165) is 29.7 Å². The van der Waals surface area contributed by atoms with Gasteiger partial charge in [-0.05, 0) is 63.3 Å². The van der Waals surface area contributed by atoms with Crippen molar-refractivity contribution >= 4 is 5.78 Å². The van der Waals surface area contributed by atoms with Crippen molar-refractivity contribution in [1.82, 2.24) is 0 Å². The van der Waals surface area contributed by atoms with Crippen molar-refractivity contribution in [2.24, 2.45) is 0 Å². The minimum absolute atomic E-state index is 0.110. The number of Topliss-reactive ketones (excluding diaryl/α,β-unsaturated/α-hetero) is 1. The van der Waals surface area contributed by atoms with Crippen LogP contribution in [0.2, 0.25) is 0 Å². The van der Waals surface area contributed by atoms with E-state index in [0.29, 0.717) is 6.10 Å². The first-order chi connectivity index (χ1) is 8.66. The fourth-order valence-electron chi connectivity index (χ4n) is 2.54. The summed E-state index contributed by atoms with van der Waals surface area (Å²) in [4.78, 5) is 11.3. The van der Waals surface area contributed by atoms with E-state index in [4.69, 9.17) is 4.74 Å². The molecule has 0 radical (unpaired) electrons. The molecular formula is C16H22O2. The van der Waals surface area contributed by atoms with Crippen molar-refractivity contribution < 1.29 is 9.53 Å². The van der Waals surface area contributed by atoms with E-state index in [-0.39, 0.29) is 5.78 Å². The topological polar surface area (TPSA) is 26.3 Å². The molecule has 0 aromatic heterocycles. The Morgan fingerprint density at radius 2 is 1.83 bits per heavy atom. The van der Waals surface area contributed by atoms with Gasteiger partial charge in [0.25, 0.3) is 0 Å². The Kier molecular flexibility index (Phi) is 4.40. The van der Waals surface area contributed by atoms with Gasteiger partial charge in [-0.2, -0.15) is 0 Å². The van der Waals surface area contributed by atoms with E-state index in [2.05, 4.69) is 0 Å². The van der Waals surface area contributed by atoms with Gasteiger partial charge < -0.3 is 4.74 Å². The minimum Gasteiger partial charge on any atom is -0.490 e. The second-order valence-corrected chi connectivity index (χ2v) is 5.27. The molecule has 2 rings (SSSR count). The average Bonchev–Trinajstić information content (AvgIpc) is 2.60. The number of aryl methyl sites for hydroxylation is 1. The van der Waals surface area contributed by atoms with Gasteiger partial charge in [0.1, 0.15) is 5.75 Å². The number of rotatable bonds is 3. The van der Waals surface area contributed by atoms with Crippen molar-refractivity contribution in [2.75, 3.05) is 0 Å². The smallest absolute Gasteiger partial charge is 0.159 e. The third-order valence-corrected chi connectivity index (χ3v) is 3.68. The Labute approximate surface area is 109 Å². The van der Waals surface area contributed by atoms with Gasteiger partial charge in [-0.25, -0.2) is 0 Å². The number of carbonyl (C=O) groups excluding carboxylic acids is 1. The highest BCUT2D eigenvalue weighted by Gasteiger charge is 2.15. The number of hydrogen-bond acceptors (Lipinski definition) is 2. The molecule has 1 aliphatic rings. The molecule has 1 aliphatic carbocycles. The zero-order valence-electron chi connectivity index (χ0n) is 11.4. The van der Waals surface area contributed by atoms with Gasteiger partial charge in [-0.15, -0.1) is 0 Å². The number of carbonyl (C=O) groups is 1. The van der Waals surface area contributed by atoms with Gasteiger partial charge in [0.2, 0.25) is 0 Å². The summed E-state index contributed by atoms with van der Waals surface area (Å²) >= 11 is 0. The molecule has 1 aromatic carbocycles. The summed E-state index contributed by atoms with van der Waals surface area (Å²) in [6.45, 7) is 3.61. The second kappa shape index (κ2) is 6.03. The van der Waals surface area contributed by atoms with E-state index < -0.39 is 0 Å². The van der Waals surface area contributed by atoms with Crippen LogP contribution in [-0.4, -0.2) is 11.9 Å². The number of ketones is 1. The van der Waals surface area contributed by atoms with Crippen LogP contribution < -0.4 is 4.74 Å². The van der Waals surface area contributed by atoms with E-state index in [1.807, 2.05) is 25.1 Å². The number of hydrogen-bond donors (Lipinski definition) is 0. The minimum atomic E-state index is 0.110. The van der Waals surface area contributed by atoms with Crippen molar-refractivity contribution in [1.29, 1.82) is 0 Å². The molecule has 1 fully saturated rings. The molecule has 0 atom stereocenters. The Morgan fingerprint density at radius 3 is 2.39 bits per heavy atom. The van der Waals surface area contributed by atoms with Crippen molar-refractivity contribution in [3.8, 4) is 5.75 Å². The summed E-state index contributed by atoms with van der Waals surface area (Å²) < 4.78 is 6.09. The van der Waals surface area contributed by atoms with Crippen LogP contribution in [0.1, 0.15) is 61.4 Å². The maximum atomic E-state index is 11.3. The molecule has 18 heavy (non-hydrogen) atoms. The highest BCUT2D eigenvalue weighted by atomic mass is 16.5. The molecule has 98 valence electrons. The van der Waals surface area contributed by atoms with E-state index in [1.54, 1.807) is 6.92 Å². The molecule has 0 aliphatic heterocycles. The monoisotopic (exact) mass is 246 g/mol. The van der Waals surface area contributed by atoms with Crippen molar-refractivity contribution in [2.45, 2.75) is 58.5 Å². The van der Waals surface area contributed by atoms with Crippen molar-refractivity contribution in [3.05, 3.63) is 29.3 Å². The molecule has 0 saturated heterocycles. The zero-order chi connectivity index (χ0) is 13.0. The molecule has 2 heteroatoms. The lowest BCUT2D eigenvalue weighted by atomic mass is 10.1. The largest absolute Gasteiger partial charge is 0.490 e. The van der Waals surface area contributed by atoms with E-state index >= 15 is 0 Å². The lowest BCUT2D eigenvalue weighted by Gasteiger charge is -2.18. The van der Waals surface area contributed by atoms with Gasteiger partial charge in [0.15, 0.2) is 5.78 Å². The number of benzene rings is 1. The highest BCUT2D eigenvalue weighted by molar-refractivity contribution is 5.94. The zero-order valence-corrected chi connectivity index (χ0v) is 11.4. The van der Waals surface area contributed by atoms with Crippen LogP contribution in [0.25, 0.3) is 0 Å². The lowest BCUT2D eigenvalue weighted by Crippen LogP contribution is -2.15. The molecule has 1 saturated carbocycles. The molecular weight excluding hydrogens is 224 g/mol. The van der Waals surface area contributed by atoms with Gasteiger partial charge in [0.05, 0.1) is 6.10 Å². The van der Waals surface area contributed by atoms with Gasteiger partial charge >= 0.3 is 0 Å². The molecule has 0 spiro atoms. The van der Waals surface area contributed by atoms with Crippen LogP contribution in [0.5, 0.6) is 5.75 Å². The summed E-state index contributed by atoms with van der Waals surface area (Å²) in [6, 6.07) is 5.73. The predicted octanol–water partition coefficient (Wildman–Crippen LogP) is 4.30. The second-order valence-electron chi connectivity index (χ2n) is 5.27. The lowest BCUT2D eigenvalue weighted by molar-refractivity contribution is 0.101. The summed E-state index contributed by atoms with van der Waals surface area (Å²) in [5, 5.41) is 0. The fraction of sp³-hybridized carbons (Fsp3) is 0.562. The van der Waals surface area contributed by atoms with Crippen LogP contribution >= 0.6 is 0 Å². The molecule has 1 aromatic rings. The Bertz CT molecular complexity index is 415. The van der Waals surface area contributed by atoms with E-state index in [1.165, 1.54) is 25.7 Å². The van der Waals surface area contributed by atoms with Gasteiger partial charge in [-0.1, -0.05) is 12.8 Å². The average molecular weight is 246 g/mol. The fourth-order valence-corrected chi connectivity index (χ4v) is 2.54. The Hall–Kier alpha value is -1.31. The first kappa shape index (κ1) is 13.1. The van der Waals surface area contributed by atoms with Gasteiger partial charge in [-0.3, -0.25) is 4.79 Å². The third kappa shape index (κ3) is 3.34. The molecule has 0 unspecified atom stereocenters. The summed E-state index contributed by atoms with van der Waals surface area (Å²) in [5.74, 6) is 1.05. The molecule has 0 N–H and O–H groups in total. The van der Waals surface area contributed by atoms with Crippen LogP contribution in [0.15, 0.2) is 18.2 Å². The first-order valence-electron chi connectivity index (χ1n) is 6.95. The summed E-state index contributed by atoms with van der Waals surface area (Å²) in [6.07, 6.45) is 7.89. The first-order valence-corrected chi connectivity index (χ1v) is 6.95. The quantitative estimate of drug-likeness (QED) is 0.587. The SMILES string of the molecule is CC(=O)c1ccc(OC2CCCCCC2)c(C)c1. The number of ether oxygens (including phenoxy) is 1. The van der Waals surface area contributed by atoms with Gasteiger partial charge in [0, 0.05) is 5.56 Å². The standard InChI is InChI=1S/C16H22O2/c1-12-11-14(13(2)17)9-10-16(12)18-15-7-5-3-4-6-8-15/h9-11,15H,3-8H2,1-2H3. The maximum absolute atomic E-state index is 11.3. The summed E-state index contributed by atoms with van der Waals surface area (Å²) in [5.41, 5.74) is 1.83. The molecule has 0 heterocycles. The van der Waals surface area contributed by atoms with Crippen molar-refractivity contribution in [3.63, 3.8) is 0 Å². The molecule has 0 bridgehead atoms. The predicted molar refractivity (Wildman–Crippen MR) is 73.3 cm³/mol.